The lowest BCUT2D eigenvalue weighted by Crippen LogP contribution is -2.28. The molecule has 2 amide bonds. The molecule has 0 radical (unpaired) electrons. The zero-order valence-corrected chi connectivity index (χ0v) is 25.4. The van der Waals surface area contributed by atoms with Crippen LogP contribution in [0.1, 0.15) is 77.0 Å². The predicted octanol–water partition coefficient (Wildman–Crippen LogP) is 7.80. The van der Waals surface area contributed by atoms with Gasteiger partial charge in [-0.2, -0.15) is 0 Å². The Morgan fingerprint density at radius 1 is 0.500 bits per heavy atom. The van der Waals surface area contributed by atoms with Crippen LogP contribution in [0.3, 0.4) is 0 Å². The second-order valence-electron chi connectivity index (χ2n) is 12.0. The van der Waals surface area contributed by atoms with Gasteiger partial charge in [0.2, 0.25) is 0 Å². The molecular weight excluding hydrogens is 460 g/mol. The first-order chi connectivity index (χ1) is 16.0. The third-order valence-corrected chi connectivity index (χ3v) is 9.46. The molecule has 0 aliphatic carbocycles. The van der Waals surface area contributed by atoms with Crippen LogP contribution >= 0.6 is 0 Å². The Hall–Kier alpha value is -1.03. The molecule has 0 unspecified atom stereocenters. The Labute approximate surface area is 212 Å². The zero-order valence-electron chi connectivity index (χ0n) is 23.4. The van der Waals surface area contributed by atoms with Crippen molar-refractivity contribution in [3.8, 4) is 0 Å². The highest BCUT2D eigenvalue weighted by atomic mass is 28.3. The fourth-order valence-corrected chi connectivity index (χ4v) is 6.14. The summed E-state index contributed by atoms with van der Waals surface area (Å²) in [5.41, 5.74) is 0. The Balaban J connectivity index is 3.28. The van der Waals surface area contributed by atoms with Crippen molar-refractivity contribution in [1.29, 1.82) is 0 Å². The molecule has 0 saturated heterocycles. The van der Waals surface area contributed by atoms with Crippen LogP contribution < -0.4 is 10.6 Å². The van der Waals surface area contributed by atoms with Crippen molar-refractivity contribution in [1.82, 2.24) is 10.6 Å². The van der Waals surface area contributed by atoms with E-state index in [-0.39, 0.29) is 12.2 Å². The Kier molecular flexibility index (Phi) is 19.6. The average Bonchev–Trinajstić information content (AvgIpc) is 2.73. The molecule has 0 bridgehead atoms. The fraction of sp³-hybridized carbons (Fsp3) is 0.923. The van der Waals surface area contributed by atoms with Gasteiger partial charge in [0.1, 0.15) is 0 Å². The molecule has 0 heterocycles. The van der Waals surface area contributed by atoms with E-state index in [2.05, 4.69) is 49.9 Å². The van der Waals surface area contributed by atoms with Crippen LogP contribution in [0.25, 0.3) is 0 Å². The molecule has 8 heteroatoms. The molecule has 2 N–H and O–H groups in total. The number of amides is 2. The highest BCUT2D eigenvalue weighted by Gasteiger charge is 2.13. The van der Waals surface area contributed by atoms with Crippen LogP contribution in [0, 0.1) is 0 Å². The maximum absolute atomic E-state index is 11.6. The number of rotatable bonds is 21. The van der Waals surface area contributed by atoms with Crippen LogP contribution in [-0.4, -0.2) is 54.6 Å². The van der Waals surface area contributed by atoms with Crippen molar-refractivity contribution in [2.24, 2.45) is 0 Å². The number of hydrogen-bond acceptors (Lipinski definition) is 4. The van der Waals surface area contributed by atoms with E-state index >= 15 is 0 Å². The minimum absolute atomic E-state index is 0.265. The molecule has 6 nitrogen and oxygen atoms in total. The third-order valence-electron chi connectivity index (χ3n) is 5.75. The third kappa shape index (κ3) is 27.2. The van der Waals surface area contributed by atoms with Crippen LogP contribution in [0.2, 0.25) is 51.4 Å². The molecule has 0 atom stereocenters. The molecule has 0 fully saturated rings. The van der Waals surface area contributed by atoms with Crippen molar-refractivity contribution in [3.05, 3.63) is 0 Å². The Morgan fingerprint density at radius 3 is 1.09 bits per heavy atom. The van der Waals surface area contributed by atoms with Gasteiger partial charge in [-0.25, -0.2) is 9.59 Å². The van der Waals surface area contributed by atoms with Crippen molar-refractivity contribution in [2.45, 2.75) is 128 Å². The van der Waals surface area contributed by atoms with Gasteiger partial charge in [-0.1, -0.05) is 103 Å². The number of alkyl carbamates (subject to hydrolysis) is 2. The lowest BCUT2D eigenvalue weighted by molar-refractivity contribution is 0.143. The van der Waals surface area contributed by atoms with E-state index in [1.54, 1.807) is 0 Å². The maximum atomic E-state index is 11.6. The van der Waals surface area contributed by atoms with E-state index in [9.17, 15) is 9.59 Å². The van der Waals surface area contributed by atoms with Crippen LogP contribution in [-0.2, 0) is 9.47 Å². The quantitative estimate of drug-likeness (QED) is 0.120. The topological polar surface area (TPSA) is 76.7 Å². The lowest BCUT2D eigenvalue weighted by Gasteiger charge is -2.15. The average molecular weight is 517 g/mol. The summed E-state index contributed by atoms with van der Waals surface area (Å²) in [6.45, 7) is 16.6. The molecule has 0 aromatic carbocycles. The standard InChI is InChI=1S/C26H56N2O4Si2/c1-33(2,3)23-17-19-27-25(29)31-21-15-13-11-9-7-8-10-12-14-16-22-32-26(30)28-20-18-24-34(4,5)6/h7-24H2,1-6H3,(H,27,29)(H,28,30). The van der Waals surface area contributed by atoms with Gasteiger partial charge in [0.05, 0.1) is 13.2 Å². The molecule has 0 saturated carbocycles. The first-order valence-electron chi connectivity index (χ1n) is 13.8. The fourth-order valence-electron chi connectivity index (χ4n) is 3.67. The first-order valence-corrected chi connectivity index (χ1v) is 21.2. The van der Waals surface area contributed by atoms with Gasteiger partial charge in [-0.3, -0.25) is 0 Å². The first kappa shape index (κ1) is 33.0. The SMILES string of the molecule is C[Si](C)(C)CCCNC(=O)OCCCCCCCCCCCCOC(=O)NCCC[Si](C)(C)C. The van der Waals surface area contributed by atoms with Crippen LogP contribution in [0.5, 0.6) is 0 Å². The summed E-state index contributed by atoms with van der Waals surface area (Å²) in [6, 6.07) is 2.47. The number of carbonyl (C=O) groups is 2. The summed E-state index contributed by atoms with van der Waals surface area (Å²) in [6.07, 6.45) is 13.2. The summed E-state index contributed by atoms with van der Waals surface area (Å²) in [5, 5.41) is 5.71. The van der Waals surface area contributed by atoms with Crippen LogP contribution in [0.4, 0.5) is 9.59 Å². The number of unbranched alkanes of at least 4 members (excludes halogenated alkanes) is 9. The highest BCUT2D eigenvalue weighted by Crippen LogP contribution is 2.12. The van der Waals surface area contributed by atoms with Gasteiger partial charge in [0, 0.05) is 29.2 Å². The minimum atomic E-state index is -1.01. The number of ether oxygens (including phenoxy) is 2. The van der Waals surface area contributed by atoms with E-state index in [4.69, 9.17) is 9.47 Å². The van der Waals surface area contributed by atoms with Gasteiger partial charge >= 0.3 is 12.2 Å². The second-order valence-corrected chi connectivity index (χ2v) is 23.2. The molecule has 0 spiro atoms. The molecule has 0 aromatic rings. The van der Waals surface area contributed by atoms with Gasteiger partial charge in [0.15, 0.2) is 0 Å². The van der Waals surface area contributed by atoms with Crippen molar-refractivity contribution in [3.63, 3.8) is 0 Å². The van der Waals surface area contributed by atoms with E-state index in [1.165, 1.54) is 50.6 Å². The van der Waals surface area contributed by atoms with Crippen molar-refractivity contribution < 1.29 is 19.1 Å². The van der Waals surface area contributed by atoms with Crippen LogP contribution in [0.15, 0.2) is 0 Å². The largest absolute Gasteiger partial charge is 0.450 e. The lowest BCUT2D eigenvalue weighted by atomic mass is 10.1. The molecular formula is C26H56N2O4Si2. The minimum Gasteiger partial charge on any atom is -0.450 e. The molecule has 0 aliphatic heterocycles. The summed E-state index contributed by atoms with van der Waals surface area (Å²) in [7, 11) is -2.03. The van der Waals surface area contributed by atoms with Crippen molar-refractivity contribution in [2.75, 3.05) is 26.3 Å². The van der Waals surface area contributed by atoms with E-state index in [1.807, 2.05) is 0 Å². The monoisotopic (exact) mass is 516 g/mol. The van der Waals surface area contributed by atoms with E-state index < -0.39 is 16.1 Å². The van der Waals surface area contributed by atoms with E-state index in [0.29, 0.717) is 13.2 Å². The molecule has 0 aliphatic rings. The summed E-state index contributed by atoms with van der Waals surface area (Å²) < 4.78 is 10.5. The zero-order chi connectivity index (χ0) is 25.7. The molecule has 202 valence electrons. The highest BCUT2D eigenvalue weighted by molar-refractivity contribution is 6.76. The number of hydrogen-bond donors (Lipinski definition) is 2. The molecule has 0 aromatic heterocycles. The van der Waals surface area contributed by atoms with Gasteiger partial charge in [-0.15, -0.1) is 0 Å². The summed E-state index contributed by atoms with van der Waals surface area (Å²) in [5.74, 6) is 0. The maximum Gasteiger partial charge on any atom is 0.407 e. The Morgan fingerprint density at radius 2 is 0.794 bits per heavy atom. The second kappa shape index (κ2) is 20.2. The normalized spacial score (nSPS) is 11.8. The number of carbonyl (C=O) groups excluding carboxylic acids is 2. The Bertz CT molecular complexity index is 474. The smallest absolute Gasteiger partial charge is 0.407 e. The van der Waals surface area contributed by atoms with E-state index in [0.717, 1.165) is 51.6 Å². The molecule has 34 heavy (non-hydrogen) atoms. The predicted molar refractivity (Wildman–Crippen MR) is 150 cm³/mol. The summed E-state index contributed by atoms with van der Waals surface area (Å²) >= 11 is 0. The van der Waals surface area contributed by atoms with Gasteiger partial charge in [0.25, 0.3) is 0 Å². The van der Waals surface area contributed by atoms with Gasteiger partial charge in [-0.05, 0) is 25.7 Å². The van der Waals surface area contributed by atoms with Gasteiger partial charge < -0.3 is 20.1 Å². The summed E-state index contributed by atoms with van der Waals surface area (Å²) in [4.78, 5) is 23.3. The molecule has 0 rings (SSSR count). The van der Waals surface area contributed by atoms with Crippen molar-refractivity contribution >= 4 is 28.3 Å². The number of nitrogens with one attached hydrogen (secondary N) is 2.